The third-order valence-corrected chi connectivity index (χ3v) is 7.44. The first-order valence-electron chi connectivity index (χ1n) is 10.1. The van der Waals surface area contributed by atoms with Crippen LogP contribution in [0.3, 0.4) is 0 Å². The molecule has 33 heavy (non-hydrogen) atoms. The van der Waals surface area contributed by atoms with Gasteiger partial charge in [-0.1, -0.05) is 53.6 Å². The Balaban J connectivity index is 1.77. The van der Waals surface area contributed by atoms with Crippen molar-refractivity contribution in [1.82, 2.24) is 14.1 Å². The van der Waals surface area contributed by atoms with Crippen molar-refractivity contribution in [2.75, 3.05) is 7.05 Å². The zero-order valence-electron chi connectivity index (χ0n) is 18.0. The fourth-order valence-corrected chi connectivity index (χ4v) is 4.96. The van der Waals surface area contributed by atoms with Crippen LogP contribution in [0.1, 0.15) is 11.1 Å². The van der Waals surface area contributed by atoms with Crippen molar-refractivity contribution in [1.29, 1.82) is 0 Å². The molecule has 4 aromatic rings. The number of hydrogen-bond donors (Lipinski definition) is 2. The van der Waals surface area contributed by atoms with Crippen LogP contribution in [0.15, 0.2) is 77.8 Å². The molecule has 1 heterocycles. The van der Waals surface area contributed by atoms with Crippen LogP contribution in [0.5, 0.6) is 11.5 Å². The van der Waals surface area contributed by atoms with Crippen LogP contribution in [-0.4, -0.2) is 39.8 Å². The SMILES string of the molecule is Cc1ccc(CN(C)S(=O)(=O)c2cc(-c3ccnn3-c3ccccc3Cl)c(O)cc2O)cc1. The van der Waals surface area contributed by atoms with Crippen LogP contribution in [0, 0.1) is 6.92 Å². The molecule has 0 amide bonds. The molecular weight excluding hydrogens is 462 g/mol. The van der Waals surface area contributed by atoms with Crippen molar-refractivity contribution in [3.8, 4) is 28.4 Å². The van der Waals surface area contributed by atoms with Gasteiger partial charge in [0, 0.05) is 25.2 Å². The molecule has 1 aromatic heterocycles. The van der Waals surface area contributed by atoms with Gasteiger partial charge in [-0.25, -0.2) is 13.1 Å². The maximum atomic E-state index is 13.3. The molecule has 3 aromatic carbocycles. The standard InChI is InChI=1S/C24H22ClN3O4S/c1-16-7-9-17(10-8-16)15-27(2)33(31,32)24-13-18(22(29)14-23(24)30)20-11-12-26-28(20)21-6-4-3-5-19(21)25/h3-14,29-30H,15H2,1-2H3. The minimum atomic E-state index is -4.08. The Kier molecular flexibility index (Phi) is 6.16. The Morgan fingerprint density at radius 2 is 1.70 bits per heavy atom. The number of aromatic nitrogens is 2. The normalized spacial score (nSPS) is 11.8. The third-order valence-electron chi connectivity index (χ3n) is 5.29. The van der Waals surface area contributed by atoms with Crippen LogP contribution >= 0.6 is 11.6 Å². The summed E-state index contributed by atoms with van der Waals surface area (Å²) in [6.45, 7) is 2.07. The molecule has 0 aliphatic rings. The van der Waals surface area contributed by atoms with Gasteiger partial charge in [0.15, 0.2) is 0 Å². The van der Waals surface area contributed by atoms with Gasteiger partial charge in [0.1, 0.15) is 16.4 Å². The van der Waals surface area contributed by atoms with Gasteiger partial charge in [-0.05, 0) is 36.8 Å². The second-order valence-electron chi connectivity index (χ2n) is 7.66. The van der Waals surface area contributed by atoms with Crippen molar-refractivity contribution >= 4 is 21.6 Å². The number of rotatable bonds is 6. The second-order valence-corrected chi connectivity index (χ2v) is 10.1. The largest absolute Gasteiger partial charge is 0.507 e. The van der Waals surface area contributed by atoms with Crippen LogP contribution in [0.2, 0.25) is 5.02 Å². The third kappa shape index (κ3) is 4.45. The van der Waals surface area contributed by atoms with E-state index >= 15 is 0 Å². The molecule has 0 atom stereocenters. The lowest BCUT2D eigenvalue weighted by molar-refractivity contribution is 0.430. The first-order chi connectivity index (χ1) is 15.7. The highest BCUT2D eigenvalue weighted by molar-refractivity contribution is 7.89. The predicted octanol–water partition coefficient (Wildman–Crippen LogP) is 4.73. The van der Waals surface area contributed by atoms with Crippen molar-refractivity contribution in [2.24, 2.45) is 0 Å². The monoisotopic (exact) mass is 483 g/mol. The zero-order valence-corrected chi connectivity index (χ0v) is 19.5. The highest BCUT2D eigenvalue weighted by Crippen LogP contribution is 2.39. The molecule has 7 nitrogen and oxygen atoms in total. The topological polar surface area (TPSA) is 95.7 Å². The first kappa shape index (κ1) is 22.8. The van der Waals surface area contributed by atoms with E-state index in [4.69, 9.17) is 11.6 Å². The molecule has 170 valence electrons. The summed E-state index contributed by atoms with van der Waals surface area (Å²) in [5.41, 5.74) is 3.04. The van der Waals surface area contributed by atoms with Gasteiger partial charge in [-0.15, -0.1) is 0 Å². The number of sulfonamides is 1. The lowest BCUT2D eigenvalue weighted by Crippen LogP contribution is -2.26. The van der Waals surface area contributed by atoms with E-state index < -0.39 is 15.8 Å². The number of phenolic OH excluding ortho intramolecular Hbond substituents is 2. The molecule has 0 aliphatic heterocycles. The van der Waals surface area contributed by atoms with Crippen LogP contribution in [0.4, 0.5) is 0 Å². The summed E-state index contributed by atoms with van der Waals surface area (Å²) in [7, 11) is -2.64. The molecule has 2 N–H and O–H groups in total. The first-order valence-corrected chi connectivity index (χ1v) is 11.9. The van der Waals surface area contributed by atoms with E-state index in [-0.39, 0.29) is 22.8 Å². The van der Waals surface area contributed by atoms with Crippen LogP contribution in [-0.2, 0) is 16.6 Å². The van der Waals surface area contributed by atoms with Gasteiger partial charge in [0.05, 0.1) is 22.6 Å². The van der Waals surface area contributed by atoms with Crippen molar-refractivity contribution < 1.29 is 18.6 Å². The van der Waals surface area contributed by atoms with E-state index in [1.807, 2.05) is 31.2 Å². The number of aromatic hydroxyl groups is 2. The van der Waals surface area contributed by atoms with Gasteiger partial charge >= 0.3 is 0 Å². The summed E-state index contributed by atoms with van der Waals surface area (Å²) in [6, 6.07) is 18.4. The molecule has 0 aliphatic carbocycles. The van der Waals surface area contributed by atoms with Crippen LogP contribution < -0.4 is 0 Å². The van der Waals surface area contributed by atoms with E-state index in [9.17, 15) is 18.6 Å². The predicted molar refractivity (Wildman–Crippen MR) is 127 cm³/mol. The van der Waals surface area contributed by atoms with Gasteiger partial charge in [0.2, 0.25) is 10.0 Å². The molecule has 0 radical (unpaired) electrons. The summed E-state index contributed by atoms with van der Waals surface area (Å²) < 4.78 is 29.3. The second kappa shape index (κ2) is 8.90. The Morgan fingerprint density at radius 1 is 1.00 bits per heavy atom. The summed E-state index contributed by atoms with van der Waals surface area (Å²) in [6.07, 6.45) is 1.52. The fourth-order valence-electron chi connectivity index (χ4n) is 3.50. The molecule has 9 heteroatoms. The van der Waals surface area contributed by atoms with E-state index in [0.29, 0.717) is 16.4 Å². The Bertz CT molecular complexity index is 1420. The lowest BCUT2D eigenvalue weighted by atomic mass is 10.1. The minimum Gasteiger partial charge on any atom is -0.507 e. The Labute approximate surface area is 197 Å². The zero-order chi connectivity index (χ0) is 23.8. The van der Waals surface area contributed by atoms with E-state index in [0.717, 1.165) is 21.5 Å². The number of para-hydroxylation sites is 1. The van der Waals surface area contributed by atoms with E-state index in [1.165, 1.54) is 24.0 Å². The van der Waals surface area contributed by atoms with E-state index in [1.54, 1.807) is 30.3 Å². The molecule has 0 fully saturated rings. The average Bonchev–Trinajstić information content (AvgIpc) is 3.24. The highest BCUT2D eigenvalue weighted by atomic mass is 35.5. The molecule has 0 spiro atoms. The molecule has 0 saturated heterocycles. The lowest BCUT2D eigenvalue weighted by Gasteiger charge is -2.19. The smallest absolute Gasteiger partial charge is 0.246 e. The molecule has 4 rings (SSSR count). The highest BCUT2D eigenvalue weighted by Gasteiger charge is 2.27. The Morgan fingerprint density at radius 3 is 2.39 bits per heavy atom. The van der Waals surface area contributed by atoms with Gasteiger partial charge in [-0.2, -0.15) is 9.40 Å². The molecule has 0 saturated carbocycles. The maximum Gasteiger partial charge on any atom is 0.246 e. The summed E-state index contributed by atoms with van der Waals surface area (Å²) in [4.78, 5) is -0.322. The number of aryl methyl sites for hydroxylation is 1. The average molecular weight is 484 g/mol. The maximum absolute atomic E-state index is 13.3. The fraction of sp³-hybridized carbons (Fsp3) is 0.125. The number of halogens is 1. The van der Waals surface area contributed by atoms with Crippen molar-refractivity contribution in [3.05, 3.63) is 89.1 Å². The van der Waals surface area contributed by atoms with Gasteiger partial charge < -0.3 is 10.2 Å². The number of phenols is 2. The molecular formula is C24H22ClN3O4S. The van der Waals surface area contributed by atoms with Gasteiger partial charge in [-0.3, -0.25) is 0 Å². The van der Waals surface area contributed by atoms with Crippen molar-refractivity contribution in [3.63, 3.8) is 0 Å². The summed E-state index contributed by atoms with van der Waals surface area (Å²) in [5, 5.41) is 25.7. The molecule has 0 unspecified atom stereocenters. The summed E-state index contributed by atoms with van der Waals surface area (Å²) >= 11 is 6.31. The quantitative estimate of drug-likeness (QED) is 0.413. The van der Waals surface area contributed by atoms with Gasteiger partial charge in [0.25, 0.3) is 0 Å². The van der Waals surface area contributed by atoms with Crippen molar-refractivity contribution in [2.45, 2.75) is 18.4 Å². The number of benzene rings is 3. The number of nitrogens with zero attached hydrogens (tertiary/aromatic N) is 3. The van der Waals surface area contributed by atoms with E-state index in [2.05, 4.69) is 5.10 Å². The number of hydrogen-bond acceptors (Lipinski definition) is 5. The van der Waals surface area contributed by atoms with Crippen LogP contribution in [0.25, 0.3) is 16.9 Å². The minimum absolute atomic E-state index is 0.121. The molecule has 0 bridgehead atoms. The Hall–Kier alpha value is -3.33. The summed E-state index contributed by atoms with van der Waals surface area (Å²) in [5.74, 6) is -0.836.